The van der Waals surface area contributed by atoms with Gasteiger partial charge in [0.2, 0.25) is 0 Å². The predicted molar refractivity (Wildman–Crippen MR) is 77.7 cm³/mol. The Balaban J connectivity index is 0.000000956. The van der Waals surface area contributed by atoms with Crippen LogP contribution in [-0.4, -0.2) is 84.6 Å². The lowest BCUT2D eigenvalue weighted by atomic mass is 9.91. The van der Waals surface area contributed by atoms with Crippen molar-refractivity contribution in [3.63, 3.8) is 0 Å². The van der Waals surface area contributed by atoms with E-state index in [1.807, 2.05) is 20.9 Å². The summed E-state index contributed by atoms with van der Waals surface area (Å²) in [5.41, 5.74) is 0. The van der Waals surface area contributed by atoms with Gasteiger partial charge in [0.15, 0.2) is 13.7 Å². The first-order valence-electron chi connectivity index (χ1n) is 7.46. The Morgan fingerprint density at radius 3 is 2.15 bits per heavy atom. The minimum absolute atomic E-state index is 0.0680. The Kier molecular flexibility index (Phi) is 6.87. The maximum absolute atomic E-state index is 12.9. The van der Waals surface area contributed by atoms with Gasteiger partial charge in [-0.2, -0.15) is 0 Å². The number of rotatable bonds is 4. The van der Waals surface area contributed by atoms with Crippen molar-refractivity contribution in [3.05, 3.63) is 0 Å². The summed E-state index contributed by atoms with van der Waals surface area (Å²) in [4.78, 5) is 3.62. The van der Waals surface area contributed by atoms with E-state index in [0.717, 1.165) is 31.1 Å². The molecule has 0 saturated carbocycles. The van der Waals surface area contributed by atoms with Crippen molar-refractivity contribution in [1.82, 2.24) is 14.9 Å². The van der Waals surface area contributed by atoms with E-state index in [0.29, 0.717) is 19.6 Å². The predicted octanol–water partition coefficient (Wildman–Crippen LogP) is -0.0105. The van der Waals surface area contributed by atoms with Gasteiger partial charge in [-0.1, -0.05) is 13.8 Å². The highest BCUT2D eigenvalue weighted by atomic mass is 19.2. The molecule has 0 amide bonds. The Morgan fingerprint density at radius 1 is 1.25 bits per heavy atom. The first kappa shape index (κ1) is 17.8. The van der Waals surface area contributed by atoms with Gasteiger partial charge in [0, 0.05) is 38.8 Å². The summed E-state index contributed by atoms with van der Waals surface area (Å²) in [6.45, 7) is 6.90. The molecule has 0 aromatic rings. The number of nitrogens with zero attached hydrogens (tertiary/aromatic N) is 3. The van der Waals surface area contributed by atoms with Crippen molar-refractivity contribution in [2.24, 2.45) is 5.92 Å². The Hall–Kier alpha value is -0.205. The largest absolute Gasteiger partial charge is 0.362 e. The summed E-state index contributed by atoms with van der Waals surface area (Å²) in [6, 6.07) is 0.0680. The molecule has 2 heterocycles. The van der Waals surface area contributed by atoms with E-state index in [2.05, 4.69) is 4.90 Å². The van der Waals surface area contributed by atoms with E-state index in [4.69, 9.17) is 7.85 Å². The molecule has 0 atom stereocenters. The molecule has 2 saturated heterocycles. The number of likely N-dealkylation sites (N-methyl/N-ethyl adjacent to an activating group) is 1. The number of hydrogen-bond donors (Lipinski definition) is 2. The van der Waals surface area contributed by atoms with E-state index >= 15 is 0 Å². The Morgan fingerprint density at radius 2 is 1.75 bits per heavy atom. The van der Waals surface area contributed by atoms with Gasteiger partial charge in [0.1, 0.15) is 0 Å². The molecule has 2 aliphatic rings. The van der Waals surface area contributed by atoms with Crippen LogP contribution in [0.1, 0.15) is 26.7 Å². The second kappa shape index (κ2) is 7.70. The molecule has 116 valence electrons. The molecule has 0 aromatic carbocycles. The number of piperidine rings is 1. The van der Waals surface area contributed by atoms with Crippen LogP contribution < -0.4 is 0 Å². The van der Waals surface area contributed by atoms with Crippen LogP contribution in [-0.2, 0) is 0 Å². The quantitative estimate of drug-likeness (QED) is 0.433. The summed E-state index contributed by atoms with van der Waals surface area (Å²) in [5.74, 6) is -2.01. The van der Waals surface area contributed by atoms with Gasteiger partial charge < -0.3 is 15.1 Å². The van der Waals surface area contributed by atoms with Crippen molar-refractivity contribution < 1.29 is 14.7 Å². The molecule has 2 radical (unpaired) electrons. The minimum atomic E-state index is -2.28. The normalized spacial score (nSPS) is 23.4. The molecule has 0 spiro atoms. The summed E-state index contributed by atoms with van der Waals surface area (Å²) in [5, 5.41) is 20.1. The van der Waals surface area contributed by atoms with Crippen molar-refractivity contribution in [2.75, 3.05) is 39.8 Å². The highest BCUT2D eigenvalue weighted by Crippen LogP contribution is 2.24. The standard InChI is InChI=1S/C11H21BFN3O2.C2H6/c1-14-7-10(8-14)16(11(12,17)18)6-9-2-4-15(13)5-3-9;1-2/h9-10,17-18H,2-8H2,1H3;1-2H3. The smallest absolute Gasteiger partial charge is 0.178 e. The molecule has 7 heteroatoms. The highest BCUT2D eigenvalue weighted by molar-refractivity contribution is 6.12. The highest BCUT2D eigenvalue weighted by Gasteiger charge is 2.39. The molecular formula is C13H27BFN3O2. The number of aliphatic hydroxyl groups is 2. The van der Waals surface area contributed by atoms with Crippen LogP contribution in [0, 0.1) is 5.92 Å². The van der Waals surface area contributed by atoms with E-state index in [9.17, 15) is 14.7 Å². The van der Waals surface area contributed by atoms with Crippen LogP contribution in [0.15, 0.2) is 0 Å². The zero-order valence-electron chi connectivity index (χ0n) is 12.8. The molecule has 2 fully saturated rings. The van der Waals surface area contributed by atoms with Crippen LogP contribution in [0.3, 0.4) is 0 Å². The van der Waals surface area contributed by atoms with Gasteiger partial charge in [0.05, 0.1) is 0 Å². The van der Waals surface area contributed by atoms with Gasteiger partial charge >= 0.3 is 0 Å². The number of halogens is 1. The van der Waals surface area contributed by atoms with Crippen molar-refractivity contribution >= 4 is 7.85 Å². The van der Waals surface area contributed by atoms with Crippen LogP contribution in [0.25, 0.3) is 0 Å². The molecule has 0 bridgehead atoms. The van der Waals surface area contributed by atoms with Crippen LogP contribution in [0.4, 0.5) is 4.48 Å². The fraction of sp³-hybridized carbons (Fsp3) is 1.00. The first-order valence-corrected chi connectivity index (χ1v) is 7.46. The third-order valence-corrected chi connectivity index (χ3v) is 3.92. The molecular weight excluding hydrogens is 260 g/mol. The Labute approximate surface area is 122 Å². The van der Waals surface area contributed by atoms with Crippen LogP contribution in [0.2, 0.25) is 0 Å². The lowest BCUT2D eigenvalue weighted by Crippen LogP contribution is -2.66. The van der Waals surface area contributed by atoms with Gasteiger partial charge in [-0.15, -0.1) is 9.60 Å². The summed E-state index contributed by atoms with van der Waals surface area (Å²) < 4.78 is 12.9. The molecule has 0 unspecified atom stereocenters. The summed E-state index contributed by atoms with van der Waals surface area (Å²) in [6.07, 6.45) is 1.46. The van der Waals surface area contributed by atoms with Crippen molar-refractivity contribution in [2.45, 2.75) is 38.5 Å². The van der Waals surface area contributed by atoms with Gasteiger partial charge in [-0.05, 0) is 25.8 Å². The van der Waals surface area contributed by atoms with E-state index in [1.165, 1.54) is 4.90 Å². The fourth-order valence-electron chi connectivity index (χ4n) is 2.78. The van der Waals surface area contributed by atoms with Gasteiger partial charge in [-0.25, -0.2) is 0 Å². The minimum Gasteiger partial charge on any atom is -0.362 e. The average molecular weight is 287 g/mol. The fourth-order valence-corrected chi connectivity index (χ4v) is 2.78. The monoisotopic (exact) mass is 287 g/mol. The lowest BCUT2D eigenvalue weighted by molar-refractivity contribution is -0.229. The molecule has 5 nitrogen and oxygen atoms in total. The molecule has 0 aromatic heterocycles. The molecule has 2 rings (SSSR count). The summed E-state index contributed by atoms with van der Waals surface area (Å²) >= 11 is 0. The van der Waals surface area contributed by atoms with Gasteiger partial charge in [-0.3, -0.25) is 4.90 Å². The first-order chi connectivity index (χ1) is 9.36. The van der Waals surface area contributed by atoms with E-state index in [1.54, 1.807) is 0 Å². The molecule has 0 aliphatic carbocycles. The number of hydrogen-bond acceptors (Lipinski definition) is 5. The Bertz CT molecular complexity index is 277. The van der Waals surface area contributed by atoms with Crippen molar-refractivity contribution in [3.8, 4) is 0 Å². The third kappa shape index (κ3) is 4.97. The maximum Gasteiger partial charge on any atom is 0.178 e. The topological polar surface area (TPSA) is 50.2 Å². The SMILES string of the molecule is CC.[B]C(O)(O)N(CC1CCN(F)CC1)C1CN(C)C1. The average Bonchev–Trinajstić information content (AvgIpc) is 2.36. The van der Waals surface area contributed by atoms with E-state index in [-0.39, 0.29) is 12.0 Å². The molecule has 20 heavy (non-hydrogen) atoms. The van der Waals surface area contributed by atoms with Crippen LogP contribution >= 0.6 is 0 Å². The molecule has 2 aliphatic heterocycles. The number of likely N-dealkylation sites (tertiary alicyclic amines) is 1. The zero-order chi connectivity index (χ0) is 15.3. The third-order valence-electron chi connectivity index (χ3n) is 3.92. The second-order valence-electron chi connectivity index (χ2n) is 5.57. The molecule has 2 N–H and O–H groups in total. The summed E-state index contributed by atoms with van der Waals surface area (Å²) in [7, 11) is 7.39. The maximum atomic E-state index is 12.9. The van der Waals surface area contributed by atoms with Crippen molar-refractivity contribution in [1.29, 1.82) is 0 Å². The van der Waals surface area contributed by atoms with Crippen LogP contribution in [0.5, 0.6) is 0 Å². The zero-order valence-corrected chi connectivity index (χ0v) is 12.8. The van der Waals surface area contributed by atoms with Gasteiger partial charge in [0.25, 0.3) is 0 Å². The lowest BCUT2D eigenvalue weighted by Gasteiger charge is -2.49. The second-order valence-corrected chi connectivity index (χ2v) is 5.57. The van der Waals surface area contributed by atoms with E-state index < -0.39 is 5.81 Å².